The van der Waals surface area contributed by atoms with Gasteiger partial charge < -0.3 is 10.5 Å². The van der Waals surface area contributed by atoms with Crippen LogP contribution in [0.4, 0.5) is 5.82 Å². The monoisotopic (exact) mass is 245 g/mol. The van der Waals surface area contributed by atoms with Gasteiger partial charge in [-0.2, -0.15) is 5.10 Å². The molecule has 0 radical (unpaired) electrons. The molecule has 1 heterocycles. The third kappa shape index (κ3) is 2.83. The van der Waals surface area contributed by atoms with E-state index in [9.17, 15) is 0 Å². The maximum atomic E-state index is 5.78. The molecule has 0 fully saturated rings. The maximum absolute atomic E-state index is 5.78. The molecule has 1 aromatic carbocycles. The fourth-order valence-electron chi connectivity index (χ4n) is 1.81. The predicted octanol–water partition coefficient (Wildman–Crippen LogP) is 2.85. The van der Waals surface area contributed by atoms with Gasteiger partial charge in [0.05, 0.1) is 5.69 Å². The largest absolute Gasteiger partial charge is 0.488 e. The Kier molecular flexibility index (Phi) is 3.03. The molecule has 0 atom stereocenters. The fraction of sp³-hybridized carbons (Fsp3) is 0.357. The summed E-state index contributed by atoms with van der Waals surface area (Å²) in [5.74, 6) is 1.39. The van der Waals surface area contributed by atoms with Crippen LogP contribution >= 0.6 is 0 Å². The van der Waals surface area contributed by atoms with Crippen molar-refractivity contribution in [3.8, 4) is 17.0 Å². The summed E-state index contributed by atoms with van der Waals surface area (Å²) >= 11 is 0. The second-order valence-corrected chi connectivity index (χ2v) is 5.32. The van der Waals surface area contributed by atoms with Crippen molar-refractivity contribution in [3.63, 3.8) is 0 Å². The molecule has 0 saturated carbocycles. The maximum Gasteiger partial charge on any atom is 0.146 e. The lowest BCUT2D eigenvalue weighted by Gasteiger charge is -2.21. The van der Waals surface area contributed by atoms with Crippen molar-refractivity contribution in [1.29, 1.82) is 0 Å². The molecule has 4 heteroatoms. The zero-order valence-electron chi connectivity index (χ0n) is 11.3. The average molecular weight is 245 g/mol. The number of aryl methyl sites for hydroxylation is 1. The van der Waals surface area contributed by atoms with Crippen LogP contribution < -0.4 is 10.5 Å². The fourth-order valence-corrected chi connectivity index (χ4v) is 1.81. The zero-order valence-corrected chi connectivity index (χ0v) is 11.3. The molecule has 0 amide bonds. The summed E-state index contributed by atoms with van der Waals surface area (Å²) in [4.78, 5) is 0. The molecule has 2 rings (SSSR count). The Hall–Kier alpha value is -1.97. The number of anilines is 1. The minimum absolute atomic E-state index is 0.182. The van der Waals surface area contributed by atoms with Gasteiger partial charge in [-0.15, -0.1) is 0 Å². The third-order valence-electron chi connectivity index (χ3n) is 2.47. The van der Waals surface area contributed by atoms with E-state index in [0.29, 0.717) is 5.82 Å². The molecular weight excluding hydrogens is 226 g/mol. The zero-order chi connectivity index (χ0) is 13.3. The van der Waals surface area contributed by atoms with Crippen molar-refractivity contribution in [2.45, 2.75) is 26.4 Å². The van der Waals surface area contributed by atoms with Crippen molar-refractivity contribution in [3.05, 3.63) is 30.3 Å². The molecule has 0 unspecified atom stereocenters. The summed E-state index contributed by atoms with van der Waals surface area (Å²) in [6, 6.07) is 9.81. The van der Waals surface area contributed by atoms with Gasteiger partial charge in [0.15, 0.2) is 0 Å². The summed E-state index contributed by atoms with van der Waals surface area (Å²) in [5, 5.41) is 4.13. The Morgan fingerprint density at radius 2 is 1.78 bits per heavy atom. The van der Waals surface area contributed by atoms with E-state index >= 15 is 0 Å². The Morgan fingerprint density at radius 3 is 2.22 bits per heavy atom. The normalized spacial score (nSPS) is 11.6. The first kappa shape index (κ1) is 12.5. The van der Waals surface area contributed by atoms with Crippen molar-refractivity contribution < 1.29 is 4.74 Å². The number of ether oxygens (including phenoxy) is 1. The topological polar surface area (TPSA) is 53.1 Å². The number of nitrogens with zero attached hydrogens (tertiary/aromatic N) is 2. The first-order chi connectivity index (χ1) is 8.35. The lowest BCUT2D eigenvalue weighted by atomic mass is 10.1. The number of nitrogens with two attached hydrogens (primary N) is 1. The van der Waals surface area contributed by atoms with E-state index in [4.69, 9.17) is 10.5 Å². The minimum atomic E-state index is -0.182. The van der Waals surface area contributed by atoms with Gasteiger partial charge in [0.1, 0.15) is 17.2 Å². The molecule has 0 spiro atoms. The SMILES string of the molecule is Cn1nc(N)cc1-c1ccc(OC(C)(C)C)cc1. The Labute approximate surface area is 107 Å². The average Bonchev–Trinajstić information content (AvgIpc) is 2.57. The lowest BCUT2D eigenvalue weighted by Crippen LogP contribution is -2.22. The standard InChI is InChI=1S/C14H19N3O/c1-14(2,3)18-11-7-5-10(6-8-11)12-9-13(15)16-17(12)4/h5-9H,1-4H3,(H2,15,16). The molecule has 0 saturated heterocycles. The molecule has 0 bridgehead atoms. The number of hydrogen-bond donors (Lipinski definition) is 1. The van der Waals surface area contributed by atoms with Gasteiger partial charge >= 0.3 is 0 Å². The van der Waals surface area contributed by atoms with Crippen LogP contribution in [-0.4, -0.2) is 15.4 Å². The van der Waals surface area contributed by atoms with Crippen LogP contribution in [0.5, 0.6) is 5.75 Å². The minimum Gasteiger partial charge on any atom is -0.488 e. The van der Waals surface area contributed by atoms with Crippen LogP contribution in [0.2, 0.25) is 0 Å². The molecule has 2 N–H and O–H groups in total. The molecule has 0 aliphatic rings. The highest BCUT2D eigenvalue weighted by Crippen LogP contribution is 2.25. The molecule has 0 aliphatic heterocycles. The quantitative estimate of drug-likeness (QED) is 0.885. The molecule has 1 aromatic heterocycles. The van der Waals surface area contributed by atoms with E-state index in [0.717, 1.165) is 17.0 Å². The molecule has 4 nitrogen and oxygen atoms in total. The number of rotatable bonds is 2. The van der Waals surface area contributed by atoms with E-state index < -0.39 is 0 Å². The van der Waals surface area contributed by atoms with Crippen molar-refractivity contribution in [1.82, 2.24) is 9.78 Å². The van der Waals surface area contributed by atoms with E-state index in [1.54, 1.807) is 4.68 Å². The molecule has 0 aliphatic carbocycles. The Bertz CT molecular complexity index is 535. The second kappa shape index (κ2) is 4.37. The highest BCUT2D eigenvalue weighted by Gasteiger charge is 2.12. The number of aromatic nitrogens is 2. The molecule has 2 aromatic rings. The third-order valence-corrected chi connectivity index (χ3v) is 2.47. The summed E-state index contributed by atoms with van der Waals surface area (Å²) in [6.07, 6.45) is 0. The Balaban J connectivity index is 2.25. The number of nitrogen functional groups attached to an aromatic ring is 1. The van der Waals surface area contributed by atoms with Crippen LogP contribution in [0.1, 0.15) is 20.8 Å². The number of hydrogen-bond acceptors (Lipinski definition) is 3. The van der Waals surface area contributed by atoms with Crippen molar-refractivity contribution in [2.24, 2.45) is 7.05 Å². The molecular formula is C14H19N3O. The van der Waals surface area contributed by atoms with E-state index in [1.165, 1.54) is 0 Å². The van der Waals surface area contributed by atoms with E-state index in [-0.39, 0.29) is 5.60 Å². The highest BCUT2D eigenvalue weighted by molar-refractivity contribution is 5.63. The summed E-state index contributed by atoms with van der Waals surface area (Å²) in [5.41, 5.74) is 7.56. The van der Waals surface area contributed by atoms with Gasteiger partial charge in [-0.25, -0.2) is 0 Å². The van der Waals surface area contributed by atoms with Crippen LogP contribution in [0.15, 0.2) is 30.3 Å². The lowest BCUT2D eigenvalue weighted by molar-refractivity contribution is 0.131. The van der Waals surface area contributed by atoms with Gasteiger partial charge in [-0.1, -0.05) is 0 Å². The smallest absolute Gasteiger partial charge is 0.146 e. The van der Waals surface area contributed by atoms with Gasteiger partial charge in [-0.3, -0.25) is 4.68 Å². The van der Waals surface area contributed by atoms with Gasteiger partial charge in [0.2, 0.25) is 0 Å². The first-order valence-corrected chi connectivity index (χ1v) is 5.94. The van der Waals surface area contributed by atoms with Crippen LogP contribution in [0, 0.1) is 0 Å². The molecule has 18 heavy (non-hydrogen) atoms. The van der Waals surface area contributed by atoms with Gasteiger partial charge in [0, 0.05) is 18.7 Å². The molecule has 96 valence electrons. The first-order valence-electron chi connectivity index (χ1n) is 5.94. The summed E-state index contributed by atoms with van der Waals surface area (Å²) in [6.45, 7) is 6.09. The van der Waals surface area contributed by atoms with Crippen LogP contribution in [0.25, 0.3) is 11.3 Å². The van der Waals surface area contributed by atoms with E-state index in [1.807, 2.05) is 58.2 Å². The van der Waals surface area contributed by atoms with E-state index in [2.05, 4.69) is 5.10 Å². The second-order valence-electron chi connectivity index (χ2n) is 5.32. The van der Waals surface area contributed by atoms with Crippen LogP contribution in [-0.2, 0) is 7.05 Å². The summed E-state index contributed by atoms with van der Waals surface area (Å²) in [7, 11) is 1.88. The highest BCUT2D eigenvalue weighted by atomic mass is 16.5. The van der Waals surface area contributed by atoms with Crippen LogP contribution in [0.3, 0.4) is 0 Å². The van der Waals surface area contributed by atoms with Crippen molar-refractivity contribution in [2.75, 3.05) is 5.73 Å². The van der Waals surface area contributed by atoms with Gasteiger partial charge in [0.25, 0.3) is 0 Å². The Morgan fingerprint density at radius 1 is 1.17 bits per heavy atom. The number of benzene rings is 1. The summed E-state index contributed by atoms with van der Waals surface area (Å²) < 4.78 is 7.55. The van der Waals surface area contributed by atoms with Gasteiger partial charge in [-0.05, 0) is 45.0 Å². The van der Waals surface area contributed by atoms with Crippen molar-refractivity contribution >= 4 is 5.82 Å². The predicted molar refractivity (Wildman–Crippen MR) is 73.4 cm³/mol.